The second-order valence-corrected chi connectivity index (χ2v) is 3.49. The molecule has 0 radical (unpaired) electrons. The van der Waals surface area contributed by atoms with Crippen molar-refractivity contribution in [2.75, 3.05) is 5.32 Å². The molecule has 0 aromatic carbocycles. The normalized spacial score (nSPS) is 11.9. The van der Waals surface area contributed by atoms with E-state index in [-0.39, 0.29) is 11.5 Å². The number of amides is 1. The molecule has 1 aromatic heterocycles. The van der Waals surface area contributed by atoms with Gasteiger partial charge in [0.2, 0.25) is 11.5 Å². The molecule has 0 aliphatic rings. The van der Waals surface area contributed by atoms with Gasteiger partial charge in [-0.2, -0.15) is 0 Å². The van der Waals surface area contributed by atoms with E-state index in [2.05, 4.69) is 11.9 Å². The fourth-order valence-electron chi connectivity index (χ4n) is 1.19. The van der Waals surface area contributed by atoms with Crippen molar-refractivity contribution in [3.8, 4) is 0 Å². The van der Waals surface area contributed by atoms with Crippen LogP contribution in [-0.2, 0) is 11.8 Å². The first kappa shape index (κ1) is 12.2. The highest BCUT2D eigenvalue weighted by Crippen LogP contribution is 2.03. The average Bonchev–Trinajstić information content (AvgIpc) is 2.24. The van der Waals surface area contributed by atoms with Crippen molar-refractivity contribution in [2.45, 2.75) is 12.5 Å². The number of aryl methyl sites for hydroxylation is 1. The van der Waals surface area contributed by atoms with Crippen LogP contribution in [0.3, 0.4) is 0 Å². The smallest absolute Gasteiger partial charge is 0.250 e. The van der Waals surface area contributed by atoms with Crippen LogP contribution >= 0.6 is 0 Å². The monoisotopic (exact) mass is 221 g/mol. The van der Waals surface area contributed by atoms with Gasteiger partial charge in [0.25, 0.3) is 0 Å². The molecule has 1 rings (SSSR count). The Morgan fingerprint density at radius 3 is 2.94 bits per heavy atom. The lowest BCUT2D eigenvalue weighted by Gasteiger charge is -2.10. The number of anilines is 1. The Morgan fingerprint density at radius 2 is 2.38 bits per heavy atom. The average molecular weight is 221 g/mol. The Bertz CT molecular complexity index is 451. The molecule has 86 valence electrons. The Hall–Kier alpha value is -1.88. The van der Waals surface area contributed by atoms with Crippen molar-refractivity contribution in [1.29, 1.82) is 0 Å². The summed E-state index contributed by atoms with van der Waals surface area (Å²) in [6.45, 7) is 3.51. The number of pyridine rings is 1. The fourth-order valence-corrected chi connectivity index (χ4v) is 1.19. The van der Waals surface area contributed by atoms with Crippen LogP contribution in [0.15, 0.2) is 35.8 Å². The zero-order valence-corrected chi connectivity index (χ0v) is 9.14. The highest BCUT2D eigenvalue weighted by Gasteiger charge is 2.11. The summed E-state index contributed by atoms with van der Waals surface area (Å²) in [5.74, 6) is -0.293. The molecule has 5 nitrogen and oxygen atoms in total. The lowest BCUT2D eigenvalue weighted by molar-refractivity contribution is -0.117. The van der Waals surface area contributed by atoms with Crippen molar-refractivity contribution in [1.82, 2.24) is 4.57 Å². The standard InChI is InChI=1S/C11H15N3O2/c1-3-4-9(12)11(16)13-8-5-6-10(15)14(2)7-8/h3,5-7,9H,1,4,12H2,2H3,(H,13,16). The first-order valence-electron chi connectivity index (χ1n) is 4.88. The number of nitrogens with two attached hydrogens (primary N) is 1. The second-order valence-electron chi connectivity index (χ2n) is 3.49. The molecule has 1 aromatic rings. The quantitative estimate of drug-likeness (QED) is 0.714. The molecule has 0 bridgehead atoms. The van der Waals surface area contributed by atoms with Crippen molar-refractivity contribution < 1.29 is 4.79 Å². The molecule has 0 aliphatic carbocycles. The molecule has 0 spiro atoms. The van der Waals surface area contributed by atoms with Gasteiger partial charge in [0.05, 0.1) is 11.7 Å². The van der Waals surface area contributed by atoms with Gasteiger partial charge in [-0.15, -0.1) is 6.58 Å². The number of hydrogen-bond acceptors (Lipinski definition) is 3. The third kappa shape index (κ3) is 3.06. The van der Waals surface area contributed by atoms with E-state index in [1.807, 2.05) is 0 Å². The topological polar surface area (TPSA) is 77.1 Å². The minimum absolute atomic E-state index is 0.131. The van der Waals surface area contributed by atoms with E-state index < -0.39 is 6.04 Å². The molecule has 3 N–H and O–H groups in total. The maximum absolute atomic E-state index is 11.5. The SMILES string of the molecule is C=CCC(N)C(=O)Nc1ccc(=O)n(C)c1. The molecule has 0 saturated heterocycles. The molecule has 5 heteroatoms. The molecule has 1 heterocycles. The zero-order valence-electron chi connectivity index (χ0n) is 9.14. The number of carbonyl (C=O) groups excluding carboxylic acids is 1. The summed E-state index contributed by atoms with van der Waals surface area (Å²) in [6, 6.07) is 2.31. The van der Waals surface area contributed by atoms with E-state index in [9.17, 15) is 9.59 Å². The van der Waals surface area contributed by atoms with Gasteiger partial charge in [0.15, 0.2) is 0 Å². The molecular weight excluding hydrogens is 206 g/mol. The van der Waals surface area contributed by atoms with Gasteiger partial charge in [-0.1, -0.05) is 6.08 Å². The number of aromatic nitrogens is 1. The molecule has 16 heavy (non-hydrogen) atoms. The Labute approximate surface area is 93.6 Å². The van der Waals surface area contributed by atoms with Gasteiger partial charge in [0, 0.05) is 19.3 Å². The first-order chi connectivity index (χ1) is 7.54. The van der Waals surface area contributed by atoms with Crippen molar-refractivity contribution in [3.63, 3.8) is 0 Å². The van der Waals surface area contributed by atoms with Crippen LogP contribution in [0, 0.1) is 0 Å². The molecular formula is C11H15N3O2. The van der Waals surface area contributed by atoms with Gasteiger partial charge >= 0.3 is 0 Å². The largest absolute Gasteiger partial charge is 0.323 e. The molecule has 0 saturated carbocycles. The van der Waals surface area contributed by atoms with Crippen molar-refractivity contribution in [2.24, 2.45) is 12.8 Å². The number of nitrogens with one attached hydrogen (secondary N) is 1. The number of rotatable bonds is 4. The van der Waals surface area contributed by atoms with E-state index in [0.717, 1.165) is 0 Å². The highest BCUT2D eigenvalue weighted by atomic mass is 16.2. The summed E-state index contributed by atoms with van der Waals surface area (Å²) in [7, 11) is 1.61. The maximum Gasteiger partial charge on any atom is 0.250 e. The summed E-state index contributed by atoms with van der Waals surface area (Å²) in [5.41, 5.74) is 6.01. The van der Waals surface area contributed by atoms with Crippen LogP contribution in [0.4, 0.5) is 5.69 Å². The molecule has 1 atom stereocenters. The summed E-state index contributed by atoms with van der Waals surface area (Å²) < 4.78 is 1.38. The number of carbonyl (C=O) groups is 1. The lowest BCUT2D eigenvalue weighted by atomic mass is 10.2. The molecule has 1 amide bonds. The minimum atomic E-state index is -0.616. The van der Waals surface area contributed by atoms with E-state index in [1.165, 1.54) is 10.6 Å². The van der Waals surface area contributed by atoms with Gasteiger partial charge in [-0.05, 0) is 12.5 Å². The predicted octanol–water partition coefficient (Wildman–Crippen LogP) is 0.227. The van der Waals surface area contributed by atoms with Crippen LogP contribution in [0.25, 0.3) is 0 Å². The summed E-state index contributed by atoms with van der Waals surface area (Å²) >= 11 is 0. The van der Waals surface area contributed by atoms with Gasteiger partial charge in [-0.3, -0.25) is 9.59 Å². The van der Waals surface area contributed by atoms with Crippen LogP contribution in [0.2, 0.25) is 0 Å². The van der Waals surface area contributed by atoms with E-state index in [1.54, 1.807) is 25.4 Å². The molecule has 0 aliphatic heterocycles. The number of hydrogen-bond donors (Lipinski definition) is 2. The second kappa shape index (κ2) is 5.27. The minimum Gasteiger partial charge on any atom is -0.323 e. The Balaban J connectivity index is 2.73. The van der Waals surface area contributed by atoms with Gasteiger partial charge < -0.3 is 15.6 Å². The first-order valence-corrected chi connectivity index (χ1v) is 4.88. The van der Waals surface area contributed by atoms with E-state index >= 15 is 0 Å². The van der Waals surface area contributed by atoms with E-state index in [4.69, 9.17) is 5.73 Å². The van der Waals surface area contributed by atoms with E-state index in [0.29, 0.717) is 12.1 Å². The molecule has 0 fully saturated rings. The predicted molar refractivity (Wildman–Crippen MR) is 63.1 cm³/mol. The Morgan fingerprint density at radius 1 is 1.69 bits per heavy atom. The summed E-state index contributed by atoms with van der Waals surface area (Å²) in [4.78, 5) is 22.6. The Kier molecular flexibility index (Phi) is 4.02. The third-order valence-electron chi connectivity index (χ3n) is 2.11. The van der Waals surface area contributed by atoms with Crippen molar-refractivity contribution >= 4 is 11.6 Å². The van der Waals surface area contributed by atoms with Crippen LogP contribution in [0.1, 0.15) is 6.42 Å². The zero-order chi connectivity index (χ0) is 12.1. The van der Waals surface area contributed by atoms with Crippen LogP contribution in [0.5, 0.6) is 0 Å². The lowest BCUT2D eigenvalue weighted by Crippen LogP contribution is -2.35. The highest BCUT2D eigenvalue weighted by molar-refractivity contribution is 5.94. The number of nitrogens with zero attached hydrogens (tertiary/aromatic N) is 1. The molecule has 1 unspecified atom stereocenters. The van der Waals surface area contributed by atoms with Crippen LogP contribution < -0.4 is 16.6 Å². The fraction of sp³-hybridized carbons (Fsp3) is 0.273. The maximum atomic E-state index is 11.5. The third-order valence-corrected chi connectivity index (χ3v) is 2.11. The van der Waals surface area contributed by atoms with Gasteiger partial charge in [0.1, 0.15) is 0 Å². The van der Waals surface area contributed by atoms with Gasteiger partial charge in [-0.25, -0.2) is 0 Å². The van der Waals surface area contributed by atoms with Crippen LogP contribution in [-0.4, -0.2) is 16.5 Å². The summed E-state index contributed by atoms with van der Waals surface area (Å²) in [6.07, 6.45) is 3.55. The van der Waals surface area contributed by atoms with Crippen molar-refractivity contribution in [3.05, 3.63) is 41.3 Å². The summed E-state index contributed by atoms with van der Waals surface area (Å²) in [5, 5.41) is 2.62.